The summed E-state index contributed by atoms with van der Waals surface area (Å²) >= 11 is 0. The Kier molecular flexibility index (Phi) is 4.55. The van der Waals surface area contributed by atoms with Crippen molar-refractivity contribution in [1.29, 1.82) is 0 Å². The number of hydrogen-bond acceptors (Lipinski definition) is 3. The highest BCUT2D eigenvalue weighted by Gasteiger charge is 2.34. The monoisotopic (exact) mass is 252 g/mol. The summed E-state index contributed by atoms with van der Waals surface area (Å²) in [7, 11) is 0. The third-order valence-electron chi connectivity index (χ3n) is 5.13. The fraction of sp³-hybridized carbons (Fsp3) is 1.00. The van der Waals surface area contributed by atoms with Crippen molar-refractivity contribution >= 4 is 0 Å². The second-order valence-electron chi connectivity index (χ2n) is 6.26. The SMILES string of the molecule is C1CC2CCCN(CCOC3CCNCC3)C2C1. The van der Waals surface area contributed by atoms with Crippen molar-refractivity contribution in [3.05, 3.63) is 0 Å². The van der Waals surface area contributed by atoms with Gasteiger partial charge in [-0.25, -0.2) is 0 Å². The zero-order valence-corrected chi connectivity index (χ0v) is 11.6. The molecule has 2 atom stereocenters. The lowest BCUT2D eigenvalue weighted by molar-refractivity contribution is 0.00424. The largest absolute Gasteiger partial charge is 0.377 e. The molecule has 0 aromatic carbocycles. The number of piperidine rings is 2. The Balaban J connectivity index is 1.39. The van der Waals surface area contributed by atoms with Gasteiger partial charge < -0.3 is 10.1 Å². The minimum Gasteiger partial charge on any atom is -0.377 e. The molecular formula is C15H28N2O. The average molecular weight is 252 g/mol. The molecule has 0 aromatic rings. The number of ether oxygens (including phenoxy) is 1. The van der Waals surface area contributed by atoms with E-state index in [9.17, 15) is 0 Å². The molecule has 0 bridgehead atoms. The fourth-order valence-corrected chi connectivity index (χ4v) is 4.13. The summed E-state index contributed by atoms with van der Waals surface area (Å²) in [6, 6.07) is 0.898. The standard InChI is InChI=1S/C15H28N2O/c1-3-13-4-2-10-17(15(13)5-1)11-12-18-14-6-8-16-9-7-14/h13-16H,1-12H2. The van der Waals surface area contributed by atoms with Crippen LogP contribution in [0, 0.1) is 5.92 Å². The van der Waals surface area contributed by atoms with Crippen LogP contribution in [0.1, 0.15) is 44.9 Å². The maximum atomic E-state index is 6.05. The van der Waals surface area contributed by atoms with Crippen molar-refractivity contribution in [2.24, 2.45) is 5.92 Å². The summed E-state index contributed by atoms with van der Waals surface area (Å²) in [5.41, 5.74) is 0. The van der Waals surface area contributed by atoms with Crippen LogP contribution in [-0.4, -0.2) is 49.8 Å². The molecule has 0 radical (unpaired) electrons. The summed E-state index contributed by atoms with van der Waals surface area (Å²) in [4.78, 5) is 2.72. The molecule has 1 aliphatic carbocycles. The van der Waals surface area contributed by atoms with E-state index in [1.54, 1.807) is 0 Å². The summed E-state index contributed by atoms with van der Waals surface area (Å²) in [5.74, 6) is 1.01. The lowest BCUT2D eigenvalue weighted by Crippen LogP contribution is -2.44. The molecule has 1 saturated carbocycles. The molecule has 3 fully saturated rings. The van der Waals surface area contributed by atoms with E-state index in [1.165, 1.54) is 58.0 Å². The molecule has 3 heteroatoms. The Bertz CT molecular complexity index is 253. The highest BCUT2D eigenvalue weighted by molar-refractivity contribution is 4.89. The molecular weight excluding hydrogens is 224 g/mol. The molecule has 0 amide bonds. The summed E-state index contributed by atoms with van der Waals surface area (Å²) in [6.45, 7) is 5.72. The lowest BCUT2D eigenvalue weighted by atomic mass is 9.92. The first-order valence-corrected chi connectivity index (χ1v) is 8.00. The van der Waals surface area contributed by atoms with Crippen LogP contribution in [0.4, 0.5) is 0 Å². The van der Waals surface area contributed by atoms with Crippen LogP contribution < -0.4 is 5.32 Å². The molecule has 18 heavy (non-hydrogen) atoms. The fourth-order valence-electron chi connectivity index (χ4n) is 4.13. The minimum atomic E-state index is 0.524. The van der Waals surface area contributed by atoms with E-state index < -0.39 is 0 Å². The molecule has 3 rings (SSSR count). The third kappa shape index (κ3) is 3.06. The first kappa shape index (κ1) is 12.9. The van der Waals surface area contributed by atoms with Crippen LogP contribution in [0.5, 0.6) is 0 Å². The number of rotatable bonds is 4. The Labute approximate surface area is 111 Å². The van der Waals surface area contributed by atoms with Gasteiger partial charge in [0.15, 0.2) is 0 Å². The molecule has 2 unspecified atom stereocenters. The quantitative estimate of drug-likeness (QED) is 0.828. The Morgan fingerprint density at radius 2 is 1.83 bits per heavy atom. The molecule has 2 saturated heterocycles. The van der Waals surface area contributed by atoms with Crippen LogP contribution in [0.3, 0.4) is 0 Å². The zero-order chi connectivity index (χ0) is 12.2. The molecule has 2 aliphatic heterocycles. The van der Waals surface area contributed by atoms with Gasteiger partial charge in [-0.1, -0.05) is 6.42 Å². The van der Waals surface area contributed by atoms with Crippen molar-refractivity contribution in [3.8, 4) is 0 Å². The molecule has 104 valence electrons. The van der Waals surface area contributed by atoms with Crippen molar-refractivity contribution in [2.45, 2.75) is 57.1 Å². The Morgan fingerprint density at radius 3 is 2.72 bits per heavy atom. The predicted molar refractivity (Wildman–Crippen MR) is 73.8 cm³/mol. The van der Waals surface area contributed by atoms with Crippen LogP contribution in [-0.2, 0) is 4.74 Å². The van der Waals surface area contributed by atoms with Gasteiger partial charge in [0.05, 0.1) is 12.7 Å². The van der Waals surface area contributed by atoms with Gasteiger partial charge >= 0.3 is 0 Å². The van der Waals surface area contributed by atoms with E-state index in [2.05, 4.69) is 10.2 Å². The average Bonchev–Trinajstić information content (AvgIpc) is 2.89. The molecule has 3 nitrogen and oxygen atoms in total. The lowest BCUT2D eigenvalue weighted by Gasteiger charge is -2.38. The maximum absolute atomic E-state index is 6.05. The minimum absolute atomic E-state index is 0.524. The summed E-state index contributed by atoms with van der Waals surface area (Å²) in [5, 5.41) is 3.39. The number of nitrogens with zero attached hydrogens (tertiary/aromatic N) is 1. The molecule has 0 aromatic heterocycles. The van der Waals surface area contributed by atoms with Crippen LogP contribution in [0.2, 0.25) is 0 Å². The van der Waals surface area contributed by atoms with Gasteiger partial charge in [-0.3, -0.25) is 4.90 Å². The van der Waals surface area contributed by atoms with E-state index in [1.807, 2.05) is 0 Å². The number of likely N-dealkylation sites (tertiary alicyclic amines) is 1. The second-order valence-corrected chi connectivity index (χ2v) is 6.26. The Morgan fingerprint density at radius 1 is 1.00 bits per heavy atom. The molecule has 1 N–H and O–H groups in total. The normalized spacial score (nSPS) is 34.7. The number of fused-ring (bicyclic) bond motifs is 1. The van der Waals surface area contributed by atoms with Crippen molar-refractivity contribution in [1.82, 2.24) is 10.2 Å². The summed E-state index contributed by atoms with van der Waals surface area (Å²) in [6.07, 6.45) is 10.2. The second kappa shape index (κ2) is 6.36. The van der Waals surface area contributed by atoms with E-state index in [0.29, 0.717) is 6.10 Å². The van der Waals surface area contributed by atoms with Crippen LogP contribution in [0.25, 0.3) is 0 Å². The van der Waals surface area contributed by atoms with Gasteiger partial charge in [-0.2, -0.15) is 0 Å². The molecule has 0 spiro atoms. The first-order valence-electron chi connectivity index (χ1n) is 8.00. The highest BCUT2D eigenvalue weighted by Crippen LogP contribution is 2.36. The van der Waals surface area contributed by atoms with Gasteiger partial charge in [-0.15, -0.1) is 0 Å². The Hall–Kier alpha value is -0.120. The van der Waals surface area contributed by atoms with Gasteiger partial charge in [0.25, 0.3) is 0 Å². The highest BCUT2D eigenvalue weighted by atomic mass is 16.5. The number of nitrogens with one attached hydrogen (secondary N) is 1. The van der Waals surface area contributed by atoms with Gasteiger partial charge in [0.1, 0.15) is 0 Å². The third-order valence-corrected chi connectivity index (χ3v) is 5.13. The van der Waals surface area contributed by atoms with Crippen LogP contribution in [0.15, 0.2) is 0 Å². The van der Waals surface area contributed by atoms with E-state index in [-0.39, 0.29) is 0 Å². The smallest absolute Gasteiger partial charge is 0.0600 e. The topological polar surface area (TPSA) is 24.5 Å². The van der Waals surface area contributed by atoms with Crippen molar-refractivity contribution in [2.75, 3.05) is 32.8 Å². The van der Waals surface area contributed by atoms with E-state index >= 15 is 0 Å². The van der Waals surface area contributed by atoms with E-state index in [4.69, 9.17) is 4.74 Å². The van der Waals surface area contributed by atoms with Crippen molar-refractivity contribution in [3.63, 3.8) is 0 Å². The number of hydrogen-bond donors (Lipinski definition) is 1. The van der Waals surface area contributed by atoms with Crippen molar-refractivity contribution < 1.29 is 4.74 Å². The van der Waals surface area contributed by atoms with Crippen LogP contribution >= 0.6 is 0 Å². The van der Waals surface area contributed by atoms with E-state index in [0.717, 1.165) is 31.7 Å². The maximum Gasteiger partial charge on any atom is 0.0600 e. The first-order chi connectivity index (χ1) is 8.93. The van der Waals surface area contributed by atoms with Gasteiger partial charge in [0, 0.05) is 12.6 Å². The molecule has 2 heterocycles. The van der Waals surface area contributed by atoms with Gasteiger partial charge in [0.2, 0.25) is 0 Å². The summed E-state index contributed by atoms with van der Waals surface area (Å²) < 4.78 is 6.05. The molecule has 3 aliphatic rings. The predicted octanol–water partition coefficient (Wildman–Crippen LogP) is 2.02. The van der Waals surface area contributed by atoms with Gasteiger partial charge in [-0.05, 0) is 64.1 Å². The zero-order valence-electron chi connectivity index (χ0n) is 11.6.